The summed E-state index contributed by atoms with van der Waals surface area (Å²) in [7, 11) is -3.29. The number of rotatable bonds is 5. The summed E-state index contributed by atoms with van der Waals surface area (Å²) in [5, 5.41) is 8.32. The molecule has 0 spiro atoms. The summed E-state index contributed by atoms with van der Waals surface area (Å²) in [5.74, 6) is 1.28. The van der Waals surface area contributed by atoms with Crippen LogP contribution in [0.1, 0.15) is 25.8 Å². The Morgan fingerprint density at radius 1 is 1.28 bits per heavy atom. The van der Waals surface area contributed by atoms with Crippen molar-refractivity contribution in [1.29, 1.82) is 0 Å². The van der Waals surface area contributed by atoms with Gasteiger partial charge in [0.1, 0.15) is 12.1 Å². The molecular weight excluding hydrogens is 338 g/mol. The van der Waals surface area contributed by atoms with Crippen LogP contribution in [-0.2, 0) is 9.84 Å². The lowest BCUT2D eigenvalue weighted by Gasteiger charge is -2.10. The first-order valence-corrected chi connectivity index (χ1v) is 10.1. The van der Waals surface area contributed by atoms with Crippen molar-refractivity contribution in [2.24, 2.45) is 5.92 Å². The van der Waals surface area contributed by atoms with E-state index in [4.69, 9.17) is 0 Å². The minimum Gasteiger partial charge on any atom is -0.337 e. The zero-order valence-electron chi connectivity index (χ0n) is 14.0. The molecule has 25 heavy (non-hydrogen) atoms. The molecule has 0 radical (unpaired) electrons. The number of fused-ring (bicyclic) bond motifs is 1. The van der Waals surface area contributed by atoms with Crippen LogP contribution in [0.15, 0.2) is 41.8 Å². The van der Waals surface area contributed by atoms with Gasteiger partial charge in [0.25, 0.3) is 0 Å². The second-order valence-corrected chi connectivity index (χ2v) is 8.60. The molecule has 0 amide bonds. The zero-order valence-corrected chi connectivity index (χ0v) is 14.9. The van der Waals surface area contributed by atoms with Crippen LogP contribution in [0.2, 0.25) is 0 Å². The Hall–Kier alpha value is -2.48. The van der Waals surface area contributed by atoms with Crippen molar-refractivity contribution in [1.82, 2.24) is 19.7 Å². The Bertz CT molecular complexity index is 1040. The number of nitrogens with zero attached hydrogens (tertiary/aromatic N) is 4. The fourth-order valence-corrected chi connectivity index (χ4v) is 3.57. The van der Waals surface area contributed by atoms with Gasteiger partial charge in [-0.2, -0.15) is 5.10 Å². The summed E-state index contributed by atoms with van der Waals surface area (Å²) in [5.41, 5.74) is 1.50. The van der Waals surface area contributed by atoms with Crippen molar-refractivity contribution >= 4 is 32.2 Å². The molecule has 1 atom stereocenters. The SMILES string of the molecule is CC(C1CC1)n1cc(Nc2ncnc3ccc(S(C)(=O)=O)cc23)cn1. The van der Waals surface area contributed by atoms with Crippen LogP contribution in [0, 0.1) is 5.92 Å². The summed E-state index contributed by atoms with van der Waals surface area (Å²) >= 11 is 0. The number of aromatic nitrogens is 4. The van der Waals surface area contributed by atoms with Crippen molar-refractivity contribution < 1.29 is 8.42 Å². The summed E-state index contributed by atoms with van der Waals surface area (Å²) in [6, 6.07) is 5.24. The van der Waals surface area contributed by atoms with Crippen LogP contribution >= 0.6 is 0 Å². The van der Waals surface area contributed by atoms with Gasteiger partial charge in [-0.25, -0.2) is 18.4 Å². The van der Waals surface area contributed by atoms with Crippen molar-refractivity contribution in [2.45, 2.75) is 30.7 Å². The van der Waals surface area contributed by atoms with E-state index in [2.05, 4.69) is 27.3 Å². The highest BCUT2D eigenvalue weighted by atomic mass is 32.2. The van der Waals surface area contributed by atoms with Crippen molar-refractivity contribution in [2.75, 3.05) is 11.6 Å². The number of sulfone groups is 1. The first kappa shape index (κ1) is 16.0. The predicted octanol–water partition coefficient (Wildman–Crippen LogP) is 2.94. The molecule has 130 valence electrons. The van der Waals surface area contributed by atoms with E-state index >= 15 is 0 Å². The van der Waals surface area contributed by atoms with Crippen LogP contribution in [0.4, 0.5) is 11.5 Å². The van der Waals surface area contributed by atoms with E-state index in [-0.39, 0.29) is 4.90 Å². The van der Waals surface area contributed by atoms with Crippen LogP contribution in [0.5, 0.6) is 0 Å². The van der Waals surface area contributed by atoms with Crippen molar-refractivity contribution in [3.05, 3.63) is 36.9 Å². The molecule has 1 unspecified atom stereocenters. The lowest BCUT2D eigenvalue weighted by molar-refractivity contribution is 0.440. The number of anilines is 2. The van der Waals surface area contributed by atoms with Crippen LogP contribution in [0.3, 0.4) is 0 Å². The van der Waals surface area contributed by atoms with Gasteiger partial charge < -0.3 is 5.32 Å². The van der Waals surface area contributed by atoms with Gasteiger partial charge in [0.05, 0.1) is 28.3 Å². The standard InChI is InChI=1S/C17H19N5O2S/c1-11(12-3-4-12)22-9-13(8-20-22)21-17-15-7-14(25(2,23)24)5-6-16(15)18-10-19-17/h5-12H,3-4H2,1-2H3,(H,18,19,21). The third-order valence-corrected chi connectivity index (χ3v) is 5.73. The number of hydrogen-bond donors (Lipinski definition) is 1. The Kier molecular flexibility index (Phi) is 3.72. The molecule has 3 aromatic rings. The van der Waals surface area contributed by atoms with Gasteiger partial charge in [0.2, 0.25) is 0 Å². The fourth-order valence-electron chi connectivity index (χ4n) is 2.92. The summed E-state index contributed by atoms with van der Waals surface area (Å²) in [6.45, 7) is 2.17. The van der Waals surface area contributed by atoms with Gasteiger partial charge in [-0.05, 0) is 43.9 Å². The first-order chi connectivity index (χ1) is 11.9. The van der Waals surface area contributed by atoms with Crippen LogP contribution in [0.25, 0.3) is 10.9 Å². The average Bonchev–Trinajstić information content (AvgIpc) is 3.33. The highest BCUT2D eigenvalue weighted by Gasteiger charge is 2.29. The molecule has 0 aliphatic heterocycles. The van der Waals surface area contributed by atoms with Crippen molar-refractivity contribution in [3.8, 4) is 0 Å². The third kappa shape index (κ3) is 3.21. The molecule has 7 nitrogen and oxygen atoms in total. The third-order valence-electron chi connectivity index (χ3n) is 4.62. The molecule has 1 aliphatic rings. The Morgan fingerprint density at radius 3 is 2.80 bits per heavy atom. The molecule has 0 bridgehead atoms. The summed E-state index contributed by atoms with van der Waals surface area (Å²) in [6.07, 6.45) is 8.88. The lowest BCUT2D eigenvalue weighted by atomic mass is 10.2. The van der Waals surface area contributed by atoms with Crippen LogP contribution in [-0.4, -0.2) is 34.4 Å². The molecule has 1 N–H and O–H groups in total. The largest absolute Gasteiger partial charge is 0.337 e. The normalized spacial score (nSPS) is 16.1. The molecule has 8 heteroatoms. The molecule has 1 saturated carbocycles. The topological polar surface area (TPSA) is 89.8 Å². The number of benzene rings is 1. The lowest BCUT2D eigenvalue weighted by Crippen LogP contribution is -2.07. The quantitative estimate of drug-likeness (QED) is 0.755. The van der Waals surface area contributed by atoms with E-state index < -0.39 is 9.84 Å². The predicted molar refractivity (Wildman–Crippen MR) is 95.6 cm³/mol. The highest BCUT2D eigenvalue weighted by Crippen LogP contribution is 2.39. The monoisotopic (exact) mass is 357 g/mol. The molecule has 4 rings (SSSR count). The maximum atomic E-state index is 11.8. The van der Waals surface area contributed by atoms with E-state index in [1.54, 1.807) is 24.4 Å². The van der Waals surface area contributed by atoms with Gasteiger partial charge in [-0.1, -0.05) is 0 Å². The van der Waals surface area contributed by atoms with Gasteiger partial charge in [0.15, 0.2) is 9.84 Å². The zero-order chi connectivity index (χ0) is 17.6. The summed E-state index contributed by atoms with van der Waals surface area (Å²) in [4.78, 5) is 8.72. The minimum absolute atomic E-state index is 0.246. The second-order valence-electron chi connectivity index (χ2n) is 6.59. The average molecular weight is 357 g/mol. The van der Waals surface area contributed by atoms with E-state index in [0.29, 0.717) is 28.7 Å². The second kappa shape index (κ2) is 5.80. The Morgan fingerprint density at radius 2 is 2.08 bits per heavy atom. The molecule has 2 aromatic heterocycles. The molecule has 2 heterocycles. The highest BCUT2D eigenvalue weighted by molar-refractivity contribution is 7.90. The Balaban J connectivity index is 1.69. The molecule has 0 saturated heterocycles. The molecule has 1 aliphatic carbocycles. The van der Waals surface area contributed by atoms with Gasteiger partial charge in [-0.3, -0.25) is 4.68 Å². The van der Waals surface area contributed by atoms with E-state index in [9.17, 15) is 8.42 Å². The van der Waals surface area contributed by atoms with E-state index in [0.717, 1.165) is 5.69 Å². The van der Waals surface area contributed by atoms with Crippen molar-refractivity contribution in [3.63, 3.8) is 0 Å². The van der Waals surface area contributed by atoms with E-state index in [1.165, 1.54) is 25.4 Å². The van der Waals surface area contributed by atoms with Crippen LogP contribution < -0.4 is 5.32 Å². The maximum absolute atomic E-state index is 11.8. The fraction of sp³-hybridized carbons (Fsp3) is 0.353. The summed E-state index contributed by atoms with van der Waals surface area (Å²) < 4.78 is 25.6. The Labute approximate surface area is 146 Å². The molecular formula is C17H19N5O2S. The maximum Gasteiger partial charge on any atom is 0.175 e. The number of nitrogens with one attached hydrogen (secondary N) is 1. The van der Waals surface area contributed by atoms with Gasteiger partial charge >= 0.3 is 0 Å². The smallest absolute Gasteiger partial charge is 0.175 e. The molecule has 1 fully saturated rings. The molecule has 1 aromatic carbocycles. The minimum atomic E-state index is -3.29. The van der Waals surface area contributed by atoms with Gasteiger partial charge in [0, 0.05) is 17.8 Å². The first-order valence-electron chi connectivity index (χ1n) is 8.18. The van der Waals surface area contributed by atoms with Gasteiger partial charge in [-0.15, -0.1) is 0 Å². The van der Waals surface area contributed by atoms with E-state index in [1.807, 2.05) is 10.9 Å². The number of hydrogen-bond acceptors (Lipinski definition) is 6.